The van der Waals surface area contributed by atoms with Crippen molar-refractivity contribution < 1.29 is 9.90 Å². The molecule has 4 nitrogen and oxygen atoms in total. The van der Waals surface area contributed by atoms with Crippen LogP contribution < -0.4 is 11.1 Å². The van der Waals surface area contributed by atoms with Crippen LogP contribution >= 0.6 is 12.2 Å². The van der Waals surface area contributed by atoms with E-state index in [0.717, 1.165) is 0 Å². The van der Waals surface area contributed by atoms with E-state index in [-0.39, 0.29) is 23.3 Å². The van der Waals surface area contributed by atoms with Crippen molar-refractivity contribution in [3.05, 3.63) is 29.8 Å². The first kappa shape index (κ1) is 12.4. The number of thiocarbonyl (C=S) groups is 1. The molecule has 1 atom stereocenters. The van der Waals surface area contributed by atoms with Crippen LogP contribution in [0.4, 0.5) is 0 Å². The van der Waals surface area contributed by atoms with E-state index < -0.39 is 0 Å². The van der Waals surface area contributed by atoms with Gasteiger partial charge >= 0.3 is 0 Å². The summed E-state index contributed by atoms with van der Waals surface area (Å²) >= 11 is 4.74. The van der Waals surface area contributed by atoms with Gasteiger partial charge in [0.15, 0.2) is 0 Å². The Hall–Kier alpha value is -1.62. The van der Waals surface area contributed by atoms with Crippen LogP contribution in [0.15, 0.2) is 24.3 Å². The summed E-state index contributed by atoms with van der Waals surface area (Å²) in [7, 11) is 0. The van der Waals surface area contributed by atoms with Crippen LogP contribution in [0.3, 0.4) is 0 Å². The maximum Gasteiger partial charge on any atom is 0.255 e. The second kappa shape index (κ2) is 5.46. The monoisotopic (exact) mass is 238 g/mol. The average Bonchev–Trinajstić information content (AvgIpc) is 2.16. The van der Waals surface area contributed by atoms with Crippen LogP contribution in [0.1, 0.15) is 23.7 Å². The Kier molecular flexibility index (Phi) is 4.25. The van der Waals surface area contributed by atoms with Gasteiger partial charge in [-0.05, 0) is 19.1 Å². The van der Waals surface area contributed by atoms with Gasteiger partial charge in [-0.25, -0.2) is 0 Å². The summed E-state index contributed by atoms with van der Waals surface area (Å²) in [5.41, 5.74) is 5.62. The Morgan fingerprint density at radius 2 is 2.19 bits per heavy atom. The van der Waals surface area contributed by atoms with Crippen LogP contribution in [0, 0.1) is 0 Å². The lowest BCUT2D eigenvalue weighted by atomic mass is 10.1. The molecule has 0 aromatic heterocycles. The third-order valence-corrected chi connectivity index (χ3v) is 2.20. The second-order valence-corrected chi connectivity index (χ2v) is 4.09. The van der Waals surface area contributed by atoms with Gasteiger partial charge in [-0.15, -0.1) is 0 Å². The van der Waals surface area contributed by atoms with E-state index in [4.69, 9.17) is 18.0 Å². The van der Waals surface area contributed by atoms with Crippen LogP contribution in [0.2, 0.25) is 0 Å². The fraction of sp³-hybridized carbons (Fsp3) is 0.273. The maximum atomic E-state index is 11.7. The maximum absolute atomic E-state index is 11.7. The second-order valence-electron chi connectivity index (χ2n) is 3.56. The highest BCUT2D eigenvalue weighted by atomic mass is 32.1. The molecule has 0 aliphatic carbocycles. The van der Waals surface area contributed by atoms with E-state index in [9.17, 15) is 9.90 Å². The molecule has 1 aromatic rings. The van der Waals surface area contributed by atoms with Crippen molar-refractivity contribution in [3.8, 4) is 5.75 Å². The number of carbonyl (C=O) groups is 1. The summed E-state index contributed by atoms with van der Waals surface area (Å²) < 4.78 is 0. The zero-order valence-electron chi connectivity index (χ0n) is 8.93. The molecular weight excluding hydrogens is 224 g/mol. The van der Waals surface area contributed by atoms with Gasteiger partial charge < -0.3 is 16.2 Å². The zero-order chi connectivity index (χ0) is 12.1. The molecule has 0 radical (unpaired) electrons. The highest BCUT2D eigenvalue weighted by Gasteiger charge is 2.13. The molecule has 0 aliphatic rings. The lowest BCUT2D eigenvalue weighted by Gasteiger charge is -2.13. The molecule has 0 fully saturated rings. The normalized spacial score (nSPS) is 11.8. The van der Waals surface area contributed by atoms with Gasteiger partial charge in [0.1, 0.15) is 5.75 Å². The number of aromatic hydroxyl groups is 1. The zero-order valence-corrected chi connectivity index (χ0v) is 9.75. The minimum atomic E-state index is -0.332. The fourth-order valence-corrected chi connectivity index (χ4v) is 1.57. The molecule has 0 spiro atoms. The Bertz CT molecular complexity index is 407. The predicted molar refractivity (Wildman–Crippen MR) is 66.4 cm³/mol. The van der Waals surface area contributed by atoms with E-state index in [1.54, 1.807) is 25.1 Å². The quantitative estimate of drug-likeness (QED) is 0.689. The van der Waals surface area contributed by atoms with E-state index in [1.165, 1.54) is 6.07 Å². The molecule has 1 rings (SSSR count). The molecule has 86 valence electrons. The first-order chi connectivity index (χ1) is 7.50. The first-order valence-corrected chi connectivity index (χ1v) is 5.28. The first-order valence-electron chi connectivity index (χ1n) is 4.88. The number of amides is 1. The van der Waals surface area contributed by atoms with Gasteiger partial charge in [0.05, 0.1) is 10.6 Å². The van der Waals surface area contributed by atoms with Crippen LogP contribution in [0.25, 0.3) is 0 Å². The van der Waals surface area contributed by atoms with Crippen molar-refractivity contribution in [3.63, 3.8) is 0 Å². The van der Waals surface area contributed by atoms with Gasteiger partial charge in [0.25, 0.3) is 5.91 Å². The highest BCUT2D eigenvalue weighted by Crippen LogP contribution is 2.15. The Labute approximate surface area is 99.5 Å². The Balaban J connectivity index is 2.66. The average molecular weight is 238 g/mol. The summed E-state index contributed by atoms with van der Waals surface area (Å²) in [6.07, 6.45) is 0.439. The van der Waals surface area contributed by atoms with Crippen molar-refractivity contribution in [1.82, 2.24) is 5.32 Å². The molecule has 0 bridgehead atoms. The van der Waals surface area contributed by atoms with E-state index in [0.29, 0.717) is 11.4 Å². The van der Waals surface area contributed by atoms with E-state index >= 15 is 0 Å². The number of hydrogen-bond acceptors (Lipinski definition) is 3. The summed E-state index contributed by atoms with van der Waals surface area (Å²) in [6.45, 7) is 1.80. The van der Waals surface area contributed by atoms with Crippen LogP contribution in [-0.4, -0.2) is 22.0 Å². The van der Waals surface area contributed by atoms with Crippen LogP contribution in [-0.2, 0) is 0 Å². The molecule has 0 saturated heterocycles. The summed E-state index contributed by atoms with van der Waals surface area (Å²) in [6, 6.07) is 6.22. The molecule has 0 heterocycles. The standard InChI is InChI=1S/C11H14N2O2S/c1-7(6-10(12)16)13-11(15)8-4-2-3-5-9(8)14/h2-5,7,14H,6H2,1H3,(H2,12,16)(H,13,15). The van der Waals surface area contributed by atoms with E-state index in [2.05, 4.69) is 5.32 Å². The number of nitrogens with two attached hydrogens (primary N) is 1. The molecule has 16 heavy (non-hydrogen) atoms. The van der Waals surface area contributed by atoms with Crippen molar-refractivity contribution in [2.75, 3.05) is 0 Å². The largest absolute Gasteiger partial charge is 0.507 e. The summed E-state index contributed by atoms with van der Waals surface area (Å²) in [5.74, 6) is -0.371. The van der Waals surface area contributed by atoms with Crippen molar-refractivity contribution in [2.45, 2.75) is 19.4 Å². The highest BCUT2D eigenvalue weighted by molar-refractivity contribution is 7.80. The smallest absolute Gasteiger partial charge is 0.255 e. The Morgan fingerprint density at radius 3 is 2.75 bits per heavy atom. The number of carbonyl (C=O) groups excluding carboxylic acids is 1. The van der Waals surface area contributed by atoms with Gasteiger partial charge in [0, 0.05) is 12.5 Å². The topological polar surface area (TPSA) is 75.3 Å². The van der Waals surface area contributed by atoms with Crippen molar-refractivity contribution in [2.24, 2.45) is 5.73 Å². The minimum Gasteiger partial charge on any atom is -0.507 e. The lowest BCUT2D eigenvalue weighted by Crippen LogP contribution is -2.35. The number of para-hydroxylation sites is 1. The van der Waals surface area contributed by atoms with Gasteiger partial charge in [0.2, 0.25) is 0 Å². The molecule has 0 saturated carbocycles. The molecule has 4 N–H and O–H groups in total. The fourth-order valence-electron chi connectivity index (χ4n) is 1.32. The number of phenolic OH excluding ortho intramolecular Hbond substituents is 1. The molecule has 1 amide bonds. The van der Waals surface area contributed by atoms with E-state index in [1.807, 2.05) is 0 Å². The van der Waals surface area contributed by atoms with Crippen molar-refractivity contribution in [1.29, 1.82) is 0 Å². The lowest BCUT2D eigenvalue weighted by molar-refractivity contribution is 0.0938. The number of nitrogens with one attached hydrogen (secondary N) is 1. The third-order valence-electron chi connectivity index (χ3n) is 2.03. The van der Waals surface area contributed by atoms with Gasteiger partial charge in [-0.1, -0.05) is 24.4 Å². The predicted octanol–water partition coefficient (Wildman–Crippen LogP) is 1.19. The summed E-state index contributed by atoms with van der Waals surface area (Å²) in [5, 5.41) is 12.2. The number of phenols is 1. The third kappa shape index (κ3) is 3.51. The molecule has 0 aliphatic heterocycles. The molecule has 1 aromatic carbocycles. The SMILES string of the molecule is CC(CC(N)=S)NC(=O)c1ccccc1O. The molecular formula is C11H14N2O2S. The number of hydrogen-bond donors (Lipinski definition) is 3. The van der Waals surface area contributed by atoms with Gasteiger partial charge in [-0.3, -0.25) is 4.79 Å². The molecule has 5 heteroatoms. The van der Waals surface area contributed by atoms with Gasteiger partial charge in [-0.2, -0.15) is 0 Å². The summed E-state index contributed by atoms with van der Waals surface area (Å²) in [4.78, 5) is 12.1. The van der Waals surface area contributed by atoms with Crippen LogP contribution in [0.5, 0.6) is 5.75 Å². The Morgan fingerprint density at radius 1 is 1.56 bits per heavy atom. The minimum absolute atomic E-state index is 0.0393. The number of rotatable bonds is 4. The van der Waals surface area contributed by atoms with Crippen molar-refractivity contribution >= 4 is 23.1 Å². The number of benzene rings is 1. The molecule has 1 unspecified atom stereocenters.